The number of likely N-dealkylation sites (tertiary alicyclic amines) is 1. The Balaban J connectivity index is 1.85. The van der Waals surface area contributed by atoms with E-state index in [9.17, 15) is 0 Å². The second-order valence-corrected chi connectivity index (χ2v) is 8.40. The van der Waals surface area contributed by atoms with E-state index in [0.29, 0.717) is 17.6 Å². The molecular formula is C21H35N3O. The standard InChI is InChI=1S/C21H35N3O/c1-6-20(25-5)13-19-14-21(7-9-23(4)15-21)8-10-24(19)18-11-16(2)22-17(3)12-18/h11-12,19-20H,6-10,13-15H2,1-5H3. The van der Waals surface area contributed by atoms with Crippen molar-refractivity contribution >= 4 is 5.69 Å². The lowest BCUT2D eigenvalue weighted by Gasteiger charge is -2.47. The van der Waals surface area contributed by atoms with Crippen molar-refractivity contribution in [3.63, 3.8) is 0 Å². The average molecular weight is 346 g/mol. The van der Waals surface area contributed by atoms with Crippen LogP contribution in [0.1, 0.15) is 50.4 Å². The molecule has 0 amide bonds. The maximum atomic E-state index is 5.76. The van der Waals surface area contributed by atoms with Crippen molar-refractivity contribution in [3.05, 3.63) is 23.5 Å². The lowest BCUT2D eigenvalue weighted by atomic mass is 9.73. The zero-order chi connectivity index (χ0) is 18.0. The van der Waals surface area contributed by atoms with E-state index < -0.39 is 0 Å². The van der Waals surface area contributed by atoms with Crippen molar-refractivity contribution in [2.24, 2.45) is 5.41 Å². The van der Waals surface area contributed by atoms with Crippen LogP contribution in [-0.2, 0) is 4.74 Å². The minimum Gasteiger partial charge on any atom is -0.381 e. The van der Waals surface area contributed by atoms with Crippen molar-refractivity contribution in [3.8, 4) is 0 Å². The molecule has 0 N–H and O–H groups in total. The SMILES string of the molecule is CCC(CC1CC2(CCN(C)C2)CCN1c1cc(C)nc(C)c1)OC. The quantitative estimate of drug-likeness (QED) is 0.811. The van der Waals surface area contributed by atoms with Gasteiger partial charge in [-0.2, -0.15) is 0 Å². The summed E-state index contributed by atoms with van der Waals surface area (Å²) in [6.45, 7) is 10.1. The van der Waals surface area contributed by atoms with Crippen molar-refractivity contribution in [2.75, 3.05) is 38.7 Å². The van der Waals surface area contributed by atoms with E-state index in [1.165, 1.54) is 38.0 Å². The minimum atomic E-state index is 0.353. The van der Waals surface area contributed by atoms with Gasteiger partial charge in [0.2, 0.25) is 0 Å². The van der Waals surface area contributed by atoms with Gasteiger partial charge in [-0.25, -0.2) is 0 Å². The Hall–Kier alpha value is -1.13. The van der Waals surface area contributed by atoms with Crippen molar-refractivity contribution in [2.45, 2.75) is 65.0 Å². The van der Waals surface area contributed by atoms with Gasteiger partial charge in [-0.1, -0.05) is 6.92 Å². The first-order chi connectivity index (χ1) is 11.9. The molecule has 0 saturated carbocycles. The third-order valence-electron chi connectivity index (χ3n) is 6.34. The molecule has 140 valence electrons. The van der Waals surface area contributed by atoms with E-state index in [0.717, 1.165) is 30.8 Å². The highest BCUT2D eigenvalue weighted by molar-refractivity contribution is 5.50. The van der Waals surface area contributed by atoms with Gasteiger partial charge in [0, 0.05) is 43.3 Å². The van der Waals surface area contributed by atoms with Crippen LogP contribution in [0, 0.1) is 19.3 Å². The number of hydrogen-bond donors (Lipinski definition) is 0. The van der Waals surface area contributed by atoms with Crippen LogP contribution in [0.3, 0.4) is 0 Å². The number of pyridine rings is 1. The number of aromatic nitrogens is 1. The van der Waals surface area contributed by atoms with Gasteiger partial charge in [-0.15, -0.1) is 0 Å². The zero-order valence-corrected chi connectivity index (χ0v) is 16.7. The van der Waals surface area contributed by atoms with Crippen molar-refractivity contribution < 1.29 is 4.74 Å². The number of nitrogens with zero attached hydrogens (tertiary/aromatic N) is 3. The summed E-state index contributed by atoms with van der Waals surface area (Å²) in [6, 6.07) is 5.07. The number of methoxy groups -OCH3 is 1. The molecule has 0 radical (unpaired) electrons. The van der Waals surface area contributed by atoms with E-state index in [4.69, 9.17) is 4.74 Å². The molecule has 3 rings (SSSR count). The second kappa shape index (κ2) is 7.63. The minimum absolute atomic E-state index is 0.353. The Kier molecular flexibility index (Phi) is 5.69. The van der Waals surface area contributed by atoms with Gasteiger partial charge in [0.05, 0.1) is 6.10 Å². The van der Waals surface area contributed by atoms with Gasteiger partial charge in [0.15, 0.2) is 0 Å². The summed E-state index contributed by atoms with van der Waals surface area (Å²) < 4.78 is 5.76. The zero-order valence-electron chi connectivity index (χ0n) is 16.7. The smallest absolute Gasteiger partial charge is 0.0588 e. The van der Waals surface area contributed by atoms with Gasteiger partial charge >= 0.3 is 0 Å². The molecule has 3 heterocycles. The molecule has 0 aliphatic carbocycles. The summed E-state index contributed by atoms with van der Waals surface area (Å²) in [6.07, 6.45) is 6.51. The summed E-state index contributed by atoms with van der Waals surface area (Å²) in [5, 5.41) is 0. The molecule has 2 saturated heterocycles. The Labute approximate surface area is 153 Å². The molecule has 3 unspecified atom stereocenters. The first kappa shape index (κ1) is 18.7. The van der Waals surface area contributed by atoms with E-state index in [-0.39, 0.29) is 0 Å². The molecular weight excluding hydrogens is 310 g/mol. The second-order valence-electron chi connectivity index (χ2n) is 8.40. The van der Waals surface area contributed by atoms with Crippen LogP contribution in [0.4, 0.5) is 5.69 Å². The van der Waals surface area contributed by atoms with Gasteiger partial charge in [0.25, 0.3) is 0 Å². The highest BCUT2D eigenvalue weighted by Crippen LogP contribution is 2.44. The molecule has 0 aromatic carbocycles. The van der Waals surface area contributed by atoms with Crippen LogP contribution >= 0.6 is 0 Å². The fourth-order valence-corrected chi connectivity index (χ4v) is 5.04. The number of hydrogen-bond acceptors (Lipinski definition) is 4. The molecule has 2 aliphatic rings. The van der Waals surface area contributed by atoms with Gasteiger partial charge < -0.3 is 14.5 Å². The van der Waals surface area contributed by atoms with Crippen LogP contribution in [0.5, 0.6) is 0 Å². The number of piperidine rings is 1. The summed E-state index contributed by atoms with van der Waals surface area (Å²) in [5.74, 6) is 0. The Morgan fingerprint density at radius 1 is 1.24 bits per heavy atom. The maximum absolute atomic E-state index is 5.76. The Morgan fingerprint density at radius 2 is 1.92 bits per heavy atom. The summed E-state index contributed by atoms with van der Waals surface area (Å²) in [7, 11) is 4.14. The molecule has 25 heavy (non-hydrogen) atoms. The first-order valence-electron chi connectivity index (χ1n) is 9.88. The van der Waals surface area contributed by atoms with Crippen LogP contribution < -0.4 is 4.90 Å². The molecule has 1 aromatic heterocycles. The third kappa shape index (κ3) is 4.17. The normalized spacial score (nSPS) is 28.7. The van der Waals surface area contributed by atoms with Gasteiger partial charge in [0.1, 0.15) is 0 Å². The molecule has 2 aliphatic heterocycles. The molecule has 3 atom stereocenters. The van der Waals surface area contributed by atoms with Crippen LogP contribution in [0.25, 0.3) is 0 Å². The number of ether oxygens (including phenoxy) is 1. The largest absolute Gasteiger partial charge is 0.381 e. The van der Waals surface area contributed by atoms with Crippen LogP contribution in [-0.4, -0.2) is 55.8 Å². The van der Waals surface area contributed by atoms with Crippen LogP contribution in [0.2, 0.25) is 0 Å². The van der Waals surface area contributed by atoms with Gasteiger partial charge in [-0.05, 0) is 77.1 Å². The fraction of sp³-hybridized carbons (Fsp3) is 0.762. The summed E-state index contributed by atoms with van der Waals surface area (Å²) in [4.78, 5) is 9.73. The fourth-order valence-electron chi connectivity index (χ4n) is 5.04. The number of rotatable bonds is 5. The predicted molar refractivity (Wildman–Crippen MR) is 104 cm³/mol. The number of anilines is 1. The van der Waals surface area contributed by atoms with Crippen molar-refractivity contribution in [1.29, 1.82) is 0 Å². The highest BCUT2D eigenvalue weighted by atomic mass is 16.5. The summed E-state index contributed by atoms with van der Waals surface area (Å²) >= 11 is 0. The Bertz CT molecular complexity index is 566. The van der Waals surface area contributed by atoms with Crippen molar-refractivity contribution in [1.82, 2.24) is 9.88 Å². The molecule has 0 bridgehead atoms. The van der Waals surface area contributed by atoms with Crippen LogP contribution in [0.15, 0.2) is 12.1 Å². The first-order valence-corrected chi connectivity index (χ1v) is 9.88. The van der Waals surface area contributed by atoms with E-state index in [1.807, 2.05) is 7.11 Å². The molecule has 4 nitrogen and oxygen atoms in total. The molecule has 2 fully saturated rings. The monoisotopic (exact) mass is 345 g/mol. The molecule has 1 aromatic rings. The lowest BCUT2D eigenvalue weighted by molar-refractivity contribution is 0.0720. The van der Waals surface area contributed by atoms with Gasteiger partial charge in [-0.3, -0.25) is 4.98 Å². The van der Waals surface area contributed by atoms with E-state index in [1.54, 1.807) is 0 Å². The third-order valence-corrected chi connectivity index (χ3v) is 6.34. The lowest BCUT2D eigenvalue weighted by Crippen LogP contribution is -2.49. The maximum Gasteiger partial charge on any atom is 0.0588 e. The van der Waals surface area contributed by atoms with E-state index in [2.05, 4.69) is 54.7 Å². The predicted octanol–water partition coefficient (Wildman–Crippen LogP) is 3.80. The average Bonchev–Trinajstić information content (AvgIpc) is 2.92. The topological polar surface area (TPSA) is 28.6 Å². The number of aryl methyl sites for hydroxylation is 2. The molecule has 4 heteroatoms. The Morgan fingerprint density at radius 3 is 2.48 bits per heavy atom. The van der Waals surface area contributed by atoms with E-state index >= 15 is 0 Å². The summed E-state index contributed by atoms with van der Waals surface area (Å²) in [5.41, 5.74) is 4.10. The highest BCUT2D eigenvalue weighted by Gasteiger charge is 2.43. The molecule has 1 spiro atoms.